The summed E-state index contributed by atoms with van der Waals surface area (Å²) in [5.41, 5.74) is 11.3. The fourth-order valence-electron chi connectivity index (χ4n) is 3.71. The van der Waals surface area contributed by atoms with Gasteiger partial charge in [-0.3, -0.25) is 15.0 Å². The molecule has 34 heavy (non-hydrogen) atoms. The quantitative estimate of drug-likeness (QED) is 0.238. The van der Waals surface area contributed by atoms with Gasteiger partial charge in [0.05, 0.1) is 17.5 Å². The van der Waals surface area contributed by atoms with Crippen molar-refractivity contribution < 1.29 is 14.7 Å². The topological polar surface area (TPSA) is 134 Å². The average molecular weight is 456 g/mol. The monoisotopic (exact) mass is 455 g/mol. The molecule has 0 saturated carbocycles. The van der Waals surface area contributed by atoms with Gasteiger partial charge in [-0.05, 0) is 30.7 Å². The summed E-state index contributed by atoms with van der Waals surface area (Å²) in [7, 11) is 0. The normalized spacial score (nSPS) is 10.9. The second-order valence-corrected chi connectivity index (χ2v) is 8.10. The number of carbonyl (C=O) groups is 2. The lowest BCUT2D eigenvalue weighted by Gasteiger charge is -2.11. The largest absolute Gasteiger partial charge is 0.481 e. The van der Waals surface area contributed by atoms with Crippen LogP contribution in [0.2, 0.25) is 0 Å². The zero-order valence-electron chi connectivity index (χ0n) is 18.7. The molecule has 0 saturated heterocycles. The van der Waals surface area contributed by atoms with E-state index in [0.29, 0.717) is 23.2 Å². The Labute approximate surface area is 196 Å². The molecular formula is C26H25N5O3. The van der Waals surface area contributed by atoms with Crippen molar-refractivity contribution in [3.8, 4) is 11.4 Å². The Kier molecular flexibility index (Phi) is 6.40. The predicted molar refractivity (Wildman–Crippen MR) is 131 cm³/mol. The molecule has 0 fully saturated rings. The number of aliphatic carboxylic acids is 1. The lowest BCUT2D eigenvalue weighted by molar-refractivity contribution is -0.136. The summed E-state index contributed by atoms with van der Waals surface area (Å²) in [6, 6.07) is 20.9. The third kappa shape index (κ3) is 4.96. The Morgan fingerprint density at radius 3 is 2.35 bits per heavy atom. The highest BCUT2D eigenvalue weighted by Gasteiger charge is 2.16. The Balaban J connectivity index is 1.74. The summed E-state index contributed by atoms with van der Waals surface area (Å²) in [6.07, 6.45) is -0.139. The van der Waals surface area contributed by atoms with E-state index >= 15 is 0 Å². The SMILES string of the molecule is Cc1ccc(Cn2c(-c3ccc(C(=N)N)cc3)nc3cc(C(=O)NCCC(=O)O)ccc32)cc1. The van der Waals surface area contributed by atoms with Crippen LogP contribution in [-0.2, 0) is 11.3 Å². The number of fused-ring (bicyclic) bond motifs is 1. The fourth-order valence-corrected chi connectivity index (χ4v) is 3.71. The molecule has 1 amide bonds. The van der Waals surface area contributed by atoms with Crippen LogP contribution in [0.5, 0.6) is 0 Å². The predicted octanol–water partition coefficient (Wildman–Crippen LogP) is 3.55. The van der Waals surface area contributed by atoms with Crippen LogP contribution in [-0.4, -0.2) is 38.9 Å². The van der Waals surface area contributed by atoms with E-state index in [1.807, 2.05) is 25.1 Å². The maximum Gasteiger partial charge on any atom is 0.305 e. The van der Waals surface area contributed by atoms with Gasteiger partial charge in [0, 0.05) is 29.8 Å². The standard InChI is InChI=1S/C26H25N5O3/c1-16-2-4-17(5-3-16)15-31-22-11-10-20(26(34)29-13-12-23(32)33)14-21(22)30-25(31)19-8-6-18(7-9-19)24(27)28/h2-11,14H,12-13,15H2,1H3,(H3,27,28)(H,29,34)(H,32,33). The number of hydrogen-bond donors (Lipinski definition) is 4. The van der Waals surface area contributed by atoms with Gasteiger partial charge in [-0.25, -0.2) is 4.98 Å². The number of amidine groups is 1. The number of aromatic nitrogens is 2. The lowest BCUT2D eigenvalue weighted by atomic mass is 10.1. The number of imidazole rings is 1. The minimum Gasteiger partial charge on any atom is -0.481 e. The molecule has 1 aromatic heterocycles. The summed E-state index contributed by atoms with van der Waals surface area (Å²) in [5.74, 6) is -0.581. The molecule has 8 nitrogen and oxygen atoms in total. The van der Waals surface area contributed by atoms with Crippen molar-refractivity contribution in [3.05, 3.63) is 89.0 Å². The molecule has 0 radical (unpaired) electrons. The van der Waals surface area contributed by atoms with Gasteiger partial charge in [-0.15, -0.1) is 0 Å². The third-order valence-corrected chi connectivity index (χ3v) is 5.55. The number of hydrogen-bond acceptors (Lipinski definition) is 4. The van der Waals surface area contributed by atoms with Crippen molar-refractivity contribution >= 4 is 28.7 Å². The van der Waals surface area contributed by atoms with E-state index in [2.05, 4.69) is 34.1 Å². The first-order chi connectivity index (χ1) is 16.3. The Morgan fingerprint density at radius 2 is 1.71 bits per heavy atom. The van der Waals surface area contributed by atoms with Gasteiger partial charge in [0.15, 0.2) is 0 Å². The van der Waals surface area contributed by atoms with Crippen molar-refractivity contribution in [2.45, 2.75) is 19.9 Å². The molecule has 4 rings (SSSR count). The van der Waals surface area contributed by atoms with E-state index in [9.17, 15) is 9.59 Å². The molecule has 0 atom stereocenters. The van der Waals surface area contributed by atoms with E-state index in [1.54, 1.807) is 24.3 Å². The third-order valence-electron chi connectivity index (χ3n) is 5.55. The van der Waals surface area contributed by atoms with Crippen LogP contribution in [0.25, 0.3) is 22.4 Å². The summed E-state index contributed by atoms with van der Waals surface area (Å²) in [4.78, 5) is 28.0. The number of nitrogen functional groups attached to an aromatic ring is 1. The van der Waals surface area contributed by atoms with Crippen LogP contribution in [0.15, 0.2) is 66.7 Å². The Morgan fingerprint density at radius 1 is 1.03 bits per heavy atom. The molecule has 0 aliphatic carbocycles. The first-order valence-electron chi connectivity index (χ1n) is 10.8. The molecular weight excluding hydrogens is 430 g/mol. The van der Waals surface area contributed by atoms with Gasteiger partial charge >= 0.3 is 5.97 Å². The minimum absolute atomic E-state index is 0.00161. The number of nitrogens with two attached hydrogens (primary N) is 1. The molecule has 0 aliphatic rings. The van der Waals surface area contributed by atoms with Crippen LogP contribution in [0, 0.1) is 12.3 Å². The number of rotatable bonds is 8. The van der Waals surface area contributed by atoms with E-state index in [1.165, 1.54) is 5.56 Å². The van der Waals surface area contributed by atoms with E-state index < -0.39 is 5.97 Å². The summed E-state index contributed by atoms with van der Waals surface area (Å²) < 4.78 is 2.09. The van der Waals surface area contributed by atoms with E-state index in [0.717, 1.165) is 22.5 Å². The molecule has 0 bridgehead atoms. The van der Waals surface area contributed by atoms with Crippen molar-refractivity contribution in [2.75, 3.05) is 6.54 Å². The Hall–Kier alpha value is -4.46. The van der Waals surface area contributed by atoms with Crippen molar-refractivity contribution in [1.29, 1.82) is 5.41 Å². The Bertz CT molecular complexity index is 1370. The molecule has 1 heterocycles. The molecule has 5 N–H and O–H groups in total. The highest BCUT2D eigenvalue weighted by molar-refractivity contribution is 5.98. The smallest absolute Gasteiger partial charge is 0.305 e. The molecule has 0 unspecified atom stereocenters. The highest BCUT2D eigenvalue weighted by atomic mass is 16.4. The second-order valence-electron chi connectivity index (χ2n) is 8.10. The van der Waals surface area contributed by atoms with Crippen LogP contribution < -0.4 is 11.1 Å². The van der Waals surface area contributed by atoms with Gasteiger partial charge in [-0.2, -0.15) is 0 Å². The maximum atomic E-state index is 12.5. The molecule has 8 heteroatoms. The van der Waals surface area contributed by atoms with Gasteiger partial charge in [-0.1, -0.05) is 54.1 Å². The van der Waals surface area contributed by atoms with E-state index in [-0.39, 0.29) is 24.7 Å². The zero-order valence-corrected chi connectivity index (χ0v) is 18.7. The molecule has 0 aliphatic heterocycles. The highest BCUT2D eigenvalue weighted by Crippen LogP contribution is 2.27. The van der Waals surface area contributed by atoms with Gasteiger partial charge in [0.25, 0.3) is 5.91 Å². The fraction of sp³-hybridized carbons (Fsp3) is 0.154. The number of benzene rings is 3. The lowest BCUT2D eigenvalue weighted by Crippen LogP contribution is -2.25. The van der Waals surface area contributed by atoms with Crippen LogP contribution in [0.1, 0.15) is 33.5 Å². The van der Waals surface area contributed by atoms with Crippen LogP contribution in [0.3, 0.4) is 0 Å². The summed E-state index contributed by atoms with van der Waals surface area (Å²) >= 11 is 0. The molecule has 3 aromatic carbocycles. The molecule has 4 aromatic rings. The second kappa shape index (κ2) is 9.58. The van der Waals surface area contributed by atoms with Gasteiger partial charge in [0.2, 0.25) is 0 Å². The van der Waals surface area contributed by atoms with E-state index in [4.69, 9.17) is 21.2 Å². The maximum absolute atomic E-state index is 12.5. The van der Waals surface area contributed by atoms with Gasteiger partial charge < -0.3 is 20.7 Å². The minimum atomic E-state index is -0.967. The number of carboxylic acids is 1. The number of nitrogens with zero attached hydrogens (tertiary/aromatic N) is 2. The van der Waals surface area contributed by atoms with Crippen molar-refractivity contribution in [2.24, 2.45) is 5.73 Å². The number of aryl methyl sites for hydroxylation is 1. The molecule has 0 spiro atoms. The number of nitrogens with one attached hydrogen (secondary N) is 2. The van der Waals surface area contributed by atoms with Crippen molar-refractivity contribution in [1.82, 2.24) is 14.9 Å². The molecule has 172 valence electrons. The number of carboxylic acid groups (broad SMARTS) is 1. The first kappa shape index (κ1) is 22.7. The van der Waals surface area contributed by atoms with Crippen LogP contribution >= 0.6 is 0 Å². The average Bonchev–Trinajstić information content (AvgIpc) is 3.17. The zero-order chi connectivity index (χ0) is 24.2. The summed E-state index contributed by atoms with van der Waals surface area (Å²) in [5, 5.41) is 19.0. The summed E-state index contributed by atoms with van der Waals surface area (Å²) in [6.45, 7) is 2.69. The number of amides is 1. The van der Waals surface area contributed by atoms with Crippen molar-refractivity contribution in [3.63, 3.8) is 0 Å². The van der Waals surface area contributed by atoms with Gasteiger partial charge in [0.1, 0.15) is 11.7 Å². The van der Waals surface area contributed by atoms with Crippen LogP contribution in [0.4, 0.5) is 0 Å². The number of carbonyl (C=O) groups excluding carboxylic acids is 1. The first-order valence-corrected chi connectivity index (χ1v) is 10.8.